The van der Waals surface area contributed by atoms with Gasteiger partial charge in [-0.05, 0) is 41.8 Å². The molecule has 0 unspecified atom stereocenters. The van der Waals surface area contributed by atoms with Crippen LogP contribution >= 0.6 is 0 Å². The van der Waals surface area contributed by atoms with Crippen LogP contribution in [-0.4, -0.2) is 67.0 Å². The van der Waals surface area contributed by atoms with E-state index in [2.05, 4.69) is 44.5 Å². The summed E-state index contributed by atoms with van der Waals surface area (Å²) in [5.41, 5.74) is 0. The molecule has 0 radical (unpaired) electrons. The Bertz CT molecular complexity index is 229. The highest BCUT2D eigenvalue weighted by molar-refractivity contribution is 5.75. The van der Waals surface area contributed by atoms with Gasteiger partial charge in [0.15, 0.2) is 0 Å². The van der Waals surface area contributed by atoms with E-state index >= 15 is 0 Å². The summed E-state index contributed by atoms with van der Waals surface area (Å²) < 4.78 is 0. The van der Waals surface area contributed by atoms with Gasteiger partial charge in [-0.25, -0.2) is 0 Å². The van der Waals surface area contributed by atoms with Crippen LogP contribution in [0.25, 0.3) is 0 Å². The largest absolute Gasteiger partial charge is 0.333 e. The van der Waals surface area contributed by atoms with Crippen molar-refractivity contribution in [2.75, 3.05) is 34.4 Å². The number of carbonyl (C=O) groups is 1. The van der Waals surface area contributed by atoms with Gasteiger partial charge in [0.2, 0.25) is 5.91 Å². The fraction of sp³-hybridized carbons (Fsp3) is 0.923. The molecule has 0 saturated heterocycles. The quantitative estimate of drug-likeness (QED) is 0.634. The third kappa shape index (κ3) is 6.64. The maximum absolute atomic E-state index is 11.9. The van der Waals surface area contributed by atoms with E-state index in [0.29, 0.717) is 25.2 Å². The Kier molecular flexibility index (Phi) is 7.39. The molecule has 0 heterocycles. The Hall–Kier alpha value is -0.610. The van der Waals surface area contributed by atoms with Gasteiger partial charge in [-0.3, -0.25) is 9.69 Å². The summed E-state index contributed by atoms with van der Waals surface area (Å²) in [6, 6.07) is 0.954. The smallest absolute Gasteiger partial charge is 0.224 e. The molecule has 0 saturated carbocycles. The number of amides is 1. The third-order valence-electron chi connectivity index (χ3n) is 3.30. The Morgan fingerprint density at radius 2 is 1.41 bits per heavy atom. The van der Waals surface area contributed by atoms with Crippen molar-refractivity contribution in [1.82, 2.24) is 14.7 Å². The van der Waals surface area contributed by atoms with Crippen LogP contribution in [0.4, 0.5) is 0 Å². The topological polar surface area (TPSA) is 26.8 Å². The van der Waals surface area contributed by atoms with Gasteiger partial charge in [-0.2, -0.15) is 0 Å². The summed E-state index contributed by atoms with van der Waals surface area (Å²) in [7, 11) is 5.96. The van der Waals surface area contributed by atoms with Crippen molar-refractivity contribution >= 4 is 5.91 Å². The second-order valence-electron chi connectivity index (χ2n) is 5.41. The minimum absolute atomic E-state index is 0.213. The highest BCUT2D eigenvalue weighted by Crippen LogP contribution is 2.00. The highest BCUT2D eigenvalue weighted by atomic mass is 16.2. The molecule has 0 N–H and O–H groups in total. The fourth-order valence-corrected chi connectivity index (χ4v) is 1.30. The fourth-order valence-electron chi connectivity index (χ4n) is 1.30. The minimum atomic E-state index is 0.213. The predicted octanol–water partition coefficient (Wildman–Crippen LogP) is 1.47. The molecule has 1 amide bonds. The van der Waals surface area contributed by atoms with Crippen LogP contribution in [0.2, 0.25) is 0 Å². The molecule has 0 aromatic heterocycles. The lowest BCUT2D eigenvalue weighted by Gasteiger charge is -2.28. The molecule has 4 nitrogen and oxygen atoms in total. The van der Waals surface area contributed by atoms with Crippen LogP contribution < -0.4 is 0 Å². The van der Waals surface area contributed by atoms with Gasteiger partial charge in [-0.1, -0.05) is 0 Å². The number of rotatable bonds is 7. The zero-order valence-electron chi connectivity index (χ0n) is 12.5. The first-order valence-corrected chi connectivity index (χ1v) is 6.40. The maximum atomic E-state index is 11.9. The van der Waals surface area contributed by atoms with Gasteiger partial charge in [0, 0.05) is 32.1 Å². The molecule has 0 aromatic rings. The van der Waals surface area contributed by atoms with Crippen molar-refractivity contribution in [3.8, 4) is 0 Å². The molecule has 0 aliphatic carbocycles. The summed E-state index contributed by atoms with van der Waals surface area (Å²) in [6.07, 6.45) is 0.594. The second-order valence-corrected chi connectivity index (χ2v) is 5.41. The molecular weight excluding hydrogens is 214 g/mol. The lowest BCUT2D eigenvalue weighted by atomic mass is 10.3. The summed E-state index contributed by atoms with van der Waals surface area (Å²) in [5.74, 6) is 0.213. The zero-order chi connectivity index (χ0) is 13.6. The molecule has 0 aliphatic rings. The average Bonchev–Trinajstić information content (AvgIpc) is 2.24. The van der Waals surface area contributed by atoms with E-state index in [1.807, 2.05) is 14.1 Å². The first-order valence-electron chi connectivity index (χ1n) is 6.40. The van der Waals surface area contributed by atoms with Gasteiger partial charge < -0.3 is 9.80 Å². The van der Waals surface area contributed by atoms with Crippen molar-refractivity contribution in [2.24, 2.45) is 0 Å². The number of carbonyl (C=O) groups excluding carboxylic acids is 1. The summed E-state index contributed by atoms with van der Waals surface area (Å²) in [6.45, 7) is 10.1. The van der Waals surface area contributed by atoms with Crippen LogP contribution in [0.5, 0.6) is 0 Å². The summed E-state index contributed by atoms with van der Waals surface area (Å²) in [4.78, 5) is 18.0. The number of hydrogen-bond acceptors (Lipinski definition) is 3. The predicted molar refractivity (Wildman–Crippen MR) is 72.9 cm³/mol. The van der Waals surface area contributed by atoms with E-state index in [-0.39, 0.29) is 5.91 Å². The monoisotopic (exact) mass is 243 g/mol. The van der Waals surface area contributed by atoms with E-state index < -0.39 is 0 Å². The molecule has 4 heteroatoms. The Labute approximate surface area is 107 Å². The van der Waals surface area contributed by atoms with Crippen molar-refractivity contribution in [2.45, 2.75) is 46.2 Å². The normalized spacial score (nSPS) is 11.9. The van der Waals surface area contributed by atoms with Crippen molar-refractivity contribution in [1.29, 1.82) is 0 Å². The van der Waals surface area contributed by atoms with Crippen molar-refractivity contribution in [3.05, 3.63) is 0 Å². The molecule has 102 valence electrons. The molecule has 0 atom stereocenters. The molecular formula is C13H29N3O. The van der Waals surface area contributed by atoms with Crippen LogP contribution in [0.3, 0.4) is 0 Å². The Morgan fingerprint density at radius 3 is 1.82 bits per heavy atom. The Morgan fingerprint density at radius 1 is 0.941 bits per heavy atom. The van der Waals surface area contributed by atoms with Crippen LogP contribution in [0.15, 0.2) is 0 Å². The zero-order valence-corrected chi connectivity index (χ0v) is 12.5. The van der Waals surface area contributed by atoms with Crippen LogP contribution in [0.1, 0.15) is 34.1 Å². The SMILES string of the molecule is CC(C)N(C)CCC(=O)N(C)CN(C)C(C)C. The van der Waals surface area contributed by atoms with Gasteiger partial charge in [0.05, 0.1) is 6.67 Å². The minimum Gasteiger partial charge on any atom is -0.333 e. The van der Waals surface area contributed by atoms with E-state index in [9.17, 15) is 4.79 Å². The van der Waals surface area contributed by atoms with Crippen molar-refractivity contribution < 1.29 is 4.79 Å². The van der Waals surface area contributed by atoms with E-state index in [4.69, 9.17) is 0 Å². The van der Waals surface area contributed by atoms with Gasteiger partial charge in [0.25, 0.3) is 0 Å². The highest BCUT2D eigenvalue weighted by Gasteiger charge is 2.13. The molecule has 0 aliphatic heterocycles. The standard InChI is InChI=1S/C13H29N3O/c1-11(2)14(5)9-8-13(17)16(7)10-15(6)12(3)4/h11-12H,8-10H2,1-7H3. The van der Waals surface area contributed by atoms with Gasteiger partial charge >= 0.3 is 0 Å². The van der Waals surface area contributed by atoms with Crippen LogP contribution in [0, 0.1) is 0 Å². The van der Waals surface area contributed by atoms with Crippen LogP contribution in [-0.2, 0) is 4.79 Å². The van der Waals surface area contributed by atoms with E-state index in [0.717, 1.165) is 6.54 Å². The first kappa shape index (κ1) is 16.4. The molecule has 17 heavy (non-hydrogen) atoms. The molecule has 0 bridgehead atoms. The van der Waals surface area contributed by atoms with E-state index in [1.54, 1.807) is 4.90 Å². The van der Waals surface area contributed by atoms with E-state index in [1.165, 1.54) is 0 Å². The van der Waals surface area contributed by atoms with Gasteiger partial charge in [-0.15, -0.1) is 0 Å². The third-order valence-corrected chi connectivity index (χ3v) is 3.30. The number of nitrogens with zero attached hydrogens (tertiary/aromatic N) is 3. The molecule has 0 spiro atoms. The lowest BCUT2D eigenvalue weighted by molar-refractivity contribution is -0.132. The Balaban J connectivity index is 3.98. The molecule has 0 fully saturated rings. The molecule has 0 aromatic carbocycles. The molecule has 0 rings (SSSR count). The summed E-state index contributed by atoms with van der Waals surface area (Å²) >= 11 is 0. The lowest BCUT2D eigenvalue weighted by Crippen LogP contribution is -2.41. The maximum Gasteiger partial charge on any atom is 0.224 e. The number of hydrogen-bond donors (Lipinski definition) is 0. The average molecular weight is 243 g/mol. The van der Waals surface area contributed by atoms with Crippen molar-refractivity contribution in [3.63, 3.8) is 0 Å². The summed E-state index contributed by atoms with van der Waals surface area (Å²) in [5, 5.41) is 0. The van der Waals surface area contributed by atoms with Gasteiger partial charge in [0.1, 0.15) is 0 Å². The first-order chi connectivity index (χ1) is 7.75. The second kappa shape index (κ2) is 7.67.